The smallest absolute Gasteiger partial charge is 0.406 e. The van der Waals surface area contributed by atoms with Crippen molar-refractivity contribution in [1.29, 1.82) is 0 Å². The van der Waals surface area contributed by atoms with E-state index in [1.165, 1.54) is 12.1 Å². The molecule has 1 amide bonds. The van der Waals surface area contributed by atoms with Gasteiger partial charge in [-0.15, -0.1) is 13.2 Å². The van der Waals surface area contributed by atoms with Crippen molar-refractivity contribution in [2.75, 3.05) is 50.0 Å². The van der Waals surface area contributed by atoms with Crippen LogP contribution in [0, 0.1) is 0 Å². The summed E-state index contributed by atoms with van der Waals surface area (Å²) in [7, 11) is 0. The molecule has 0 aromatic heterocycles. The number of anilines is 2. The van der Waals surface area contributed by atoms with Crippen molar-refractivity contribution in [2.24, 2.45) is 5.16 Å². The minimum absolute atomic E-state index is 0.170. The van der Waals surface area contributed by atoms with Gasteiger partial charge in [-0.2, -0.15) is 0 Å². The lowest BCUT2D eigenvalue weighted by Gasteiger charge is -2.26. The molecule has 5 rings (SSSR count). The molecule has 0 bridgehead atoms. The Hall–Kier alpha value is -3.57. The summed E-state index contributed by atoms with van der Waals surface area (Å²) in [5, 5.41) is 13.5. The van der Waals surface area contributed by atoms with Crippen LogP contribution in [0.4, 0.5) is 24.5 Å². The van der Waals surface area contributed by atoms with Crippen molar-refractivity contribution in [3.05, 3.63) is 59.3 Å². The summed E-state index contributed by atoms with van der Waals surface area (Å²) in [5.41, 5.74) is 3.08. The molecular formula is C23H22F3N5O3. The summed E-state index contributed by atoms with van der Waals surface area (Å²) in [6.45, 7) is 4.78. The molecular weight excluding hydrogens is 451 g/mol. The highest BCUT2D eigenvalue weighted by atomic mass is 19.4. The van der Waals surface area contributed by atoms with E-state index in [1.807, 2.05) is 24.3 Å². The van der Waals surface area contributed by atoms with Crippen molar-refractivity contribution in [1.82, 2.24) is 10.2 Å². The second-order valence-electron chi connectivity index (χ2n) is 7.99. The van der Waals surface area contributed by atoms with Crippen LogP contribution in [0.25, 0.3) is 5.57 Å². The van der Waals surface area contributed by atoms with E-state index in [2.05, 4.69) is 30.7 Å². The van der Waals surface area contributed by atoms with Crippen LogP contribution in [0.5, 0.6) is 5.75 Å². The fraction of sp³-hybridized carbons (Fsp3) is 0.304. The molecule has 11 heteroatoms. The minimum Gasteiger partial charge on any atom is -0.406 e. The number of alkyl halides is 3. The largest absolute Gasteiger partial charge is 0.573 e. The number of ether oxygens (including phenoxy) is 1. The van der Waals surface area contributed by atoms with Gasteiger partial charge in [0, 0.05) is 55.2 Å². The molecule has 8 nitrogen and oxygen atoms in total. The Bertz CT molecular complexity index is 1170. The van der Waals surface area contributed by atoms with Crippen molar-refractivity contribution in [3.63, 3.8) is 0 Å². The zero-order valence-corrected chi connectivity index (χ0v) is 18.0. The van der Waals surface area contributed by atoms with E-state index < -0.39 is 18.0 Å². The highest BCUT2D eigenvalue weighted by Gasteiger charge is 2.36. The van der Waals surface area contributed by atoms with Crippen molar-refractivity contribution >= 4 is 28.6 Å². The van der Waals surface area contributed by atoms with Crippen LogP contribution in [0.15, 0.2) is 53.3 Å². The summed E-state index contributed by atoms with van der Waals surface area (Å²) < 4.78 is 42.3. The fourth-order valence-corrected chi connectivity index (χ4v) is 4.21. The monoisotopic (exact) mass is 473 g/mol. The number of hydrogen-bond acceptors (Lipinski definition) is 7. The molecule has 0 atom stereocenters. The number of oxime groups is 1. The molecule has 0 unspecified atom stereocenters. The zero-order chi connectivity index (χ0) is 23.7. The summed E-state index contributed by atoms with van der Waals surface area (Å²) in [5.74, 6) is -0.870. The molecule has 3 N–H and O–H groups in total. The quantitative estimate of drug-likeness (QED) is 0.352. The standard InChI is InChI=1S/C23H22F3N5O3/c24-23(25,26)34-14-5-6-18-16(13-14)19(22(32)29-18)21-20(15-3-1-2-4-17(15)28-21)30-33-12-11-31-9-7-27-8-10-31/h1-6,13,27-28H,7-12H2,(H,29,32)/b21-19-,30-20+. The van der Waals surface area contributed by atoms with Crippen molar-refractivity contribution in [3.8, 4) is 5.75 Å². The number of nitrogens with zero attached hydrogens (tertiary/aromatic N) is 2. The number of nitrogens with one attached hydrogen (secondary N) is 3. The van der Waals surface area contributed by atoms with Crippen molar-refractivity contribution in [2.45, 2.75) is 6.36 Å². The van der Waals surface area contributed by atoms with Gasteiger partial charge in [-0.05, 0) is 24.3 Å². The van der Waals surface area contributed by atoms with E-state index in [0.29, 0.717) is 30.2 Å². The number of carbonyl (C=O) groups is 1. The van der Waals surface area contributed by atoms with Gasteiger partial charge in [0.2, 0.25) is 0 Å². The van der Waals surface area contributed by atoms with Gasteiger partial charge in [-0.3, -0.25) is 9.69 Å². The van der Waals surface area contributed by atoms with Crippen LogP contribution in [0.2, 0.25) is 0 Å². The minimum atomic E-state index is -4.84. The Labute approximate surface area is 193 Å². The lowest BCUT2D eigenvalue weighted by molar-refractivity contribution is -0.274. The Morgan fingerprint density at radius 3 is 2.56 bits per heavy atom. The molecule has 1 saturated heterocycles. The Morgan fingerprint density at radius 2 is 1.76 bits per heavy atom. The van der Waals surface area contributed by atoms with Gasteiger partial charge >= 0.3 is 6.36 Å². The molecule has 1 fully saturated rings. The number of hydrogen-bond donors (Lipinski definition) is 3. The third kappa shape index (κ3) is 4.57. The average molecular weight is 473 g/mol. The van der Waals surface area contributed by atoms with Crippen LogP contribution in [0.1, 0.15) is 11.1 Å². The number of halogens is 3. The molecule has 34 heavy (non-hydrogen) atoms. The number of rotatable bonds is 5. The maximum absolute atomic E-state index is 12.9. The maximum Gasteiger partial charge on any atom is 0.573 e. The molecule has 178 valence electrons. The number of allylic oxidation sites excluding steroid dienone is 1. The lowest BCUT2D eigenvalue weighted by atomic mass is 10.0. The molecule has 3 aliphatic rings. The molecule has 2 aromatic rings. The van der Waals surface area contributed by atoms with Crippen LogP contribution in [-0.2, 0) is 9.63 Å². The predicted octanol–water partition coefficient (Wildman–Crippen LogP) is 3.00. The van der Waals surface area contributed by atoms with Gasteiger partial charge in [0.25, 0.3) is 5.91 Å². The second-order valence-corrected chi connectivity index (χ2v) is 7.99. The molecule has 0 spiro atoms. The predicted molar refractivity (Wildman–Crippen MR) is 121 cm³/mol. The van der Waals surface area contributed by atoms with Gasteiger partial charge < -0.3 is 25.5 Å². The number of benzene rings is 2. The number of piperazine rings is 1. The maximum atomic E-state index is 12.9. The zero-order valence-electron chi connectivity index (χ0n) is 18.0. The van der Waals surface area contributed by atoms with Crippen LogP contribution < -0.4 is 20.7 Å². The molecule has 0 saturated carbocycles. The van der Waals surface area contributed by atoms with Crippen molar-refractivity contribution < 1.29 is 27.5 Å². The molecule has 3 heterocycles. The topological polar surface area (TPSA) is 87.2 Å². The average Bonchev–Trinajstić information content (AvgIpc) is 3.32. The van der Waals surface area contributed by atoms with Gasteiger partial charge in [0.15, 0.2) is 0 Å². The third-order valence-corrected chi connectivity index (χ3v) is 5.76. The second kappa shape index (κ2) is 8.99. The van der Waals surface area contributed by atoms with Gasteiger partial charge in [-0.25, -0.2) is 0 Å². The number of fused-ring (bicyclic) bond motifs is 2. The fourth-order valence-electron chi connectivity index (χ4n) is 4.21. The summed E-state index contributed by atoms with van der Waals surface area (Å²) in [6.07, 6.45) is -4.84. The number of para-hydroxylation sites is 1. The Balaban J connectivity index is 1.47. The van der Waals surface area contributed by atoms with Gasteiger partial charge in [0.1, 0.15) is 18.1 Å². The Morgan fingerprint density at radius 1 is 1.00 bits per heavy atom. The summed E-state index contributed by atoms with van der Waals surface area (Å²) in [6, 6.07) is 11.1. The lowest BCUT2D eigenvalue weighted by Crippen LogP contribution is -2.44. The van der Waals surface area contributed by atoms with Gasteiger partial charge in [-0.1, -0.05) is 23.4 Å². The molecule has 3 aliphatic heterocycles. The highest BCUT2D eigenvalue weighted by molar-refractivity contribution is 6.39. The van der Waals surface area contributed by atoms with E-state index in [9.17, 15) is 18.0 Å². The van der Waals surface area contributed by atoms with E-state index in [0.717, 1.165) is 43.5 Å². The number of carbonyl (C=O) groups excluding carboxylic acids is 1. The normalized spacial score (nSPS) is 21.1. The van der Waals surface area contributed by atoms with Crippen LogP contribution >= 0.6 is 0 Å². The van der Waals surface area contributed by atoms with E-state index in [1.54, 1.807) is 0 Å². The van der Waals surface area contributed by atoms with E-state index in [4.69, 9.17) is 4.84 Å². The molecule has 0 radical (unpaired) electrons. The summed E-state index contributed by atoms with van der Waals surface area (Å²) >= 11 is 0. The molecule has 2 aromatic carbocycles. The number of amides is 1. The van der Waals surface area contributed by atoms with Crippen LogP contribution in [0.3, 0.4) is 0 Å². The molecule has 0 aliphatic carbocycles. The first-order chi connectivity index (χ1) is 16.4. The first-order valence-electron chi connectivity index (χ1n) is 10.8. The van der Waals surface area contributed by atoms with Crippen LogP contribution in [-0.4, -0.2) is 62.2 Å². The first kappa shape index (κ1) is 22.2. The third-order valence-electron chi connectivity index (χ3n) is 5.76. The summed E-state index contributed by atoms with van der Waals surface area (Å²) in [4.78, 5) is 20.8. The Kier molecular flexibility index (Phi) is 5.88. The van der Waals surface area contributed by atoms with E-state index >= 15 is 0 Å². The SMILES string of the molecule is O=C1Nc2ccc(OC(F)(F)F)cc2/C1=C1/Nc2ccccc2/C1=N\OCCN1CCNCC1. The van der Waals surface area contributed by atoms with E-state index in [-0.39, 0.29) is 11.1 Å². The first-order valence-corrected chi connectivity index (χ1v) is 10.8. The highest BCUT2D eigenvalue weighted by Crippen LogP contribution is 2.41. The van der Waals surface area contributed by atoms with Gasteiger partial charge in [0.05, 0.1) is 11.3 Å².